The molecule has 1 aliphatic rings. The van der Waals surface area contributed by atoms with E-state index < -0.39 is 6.04 Å². The number of benzene rings is 1. The average molecular weight is 248 g/mol. The summed E-state index contributed by atoms with van der Waals surface area (Å²) in [6, 6.07) is 9.53. The van der Waals surface area contributed by atoms with E-state index in [0.717, 1.165) is 5.56 Å². The zero-order chi connectivity index (χ0) is 13.1. The summed E-state index contributed by atoms with van der Waals surface area (Å²) in [7, 11) is 0. The molecule has 1 heterocycles. The van der Waals surface area contributed by atoms with Gasteiger partial charge in [-0.3, -0.25) is 4.79 Å². The smallest absolute Gasteiger partial charge is 0.239 e. The molecule has 18 heavy (non-hydrogen) atoms. The van der Waals surface area contributed by atoms with E-state index in [1.807, 2.05) is 37.3 Å². The third-order valence-electron chi connectivity index (χ3n) is 3.13. The van der Waals surface area contributed by atoms with Gasteiger partial charge in [-0.2, -0.15) is 0 Å². The van der Waals surface area contributed by atoms with Gasteiger partial charge in [-0.1, -0.05) is 30.3 Å². The number of ether oxygens (including phenoxy) is 1. The van der Waals surface area contributed by atoms with Crippen LogP contribution in [0.15, 0.2) is 30.3 Å². The van der Waals surface area contributed by atoms with E-state index in [4.69, 9.17) is 10.5 Å². The van der Waals surface area contributed by atoms with Gasteiger partial charge in [0, 0.05) is 6.54 Å². The molecule has 1 aromatic rings. The van der Waals surface area contributed by atoms with Crippen LogP contribution in [0.4, 0.5) is 0 Å². The predicted molar refractivity (Wildman–Crippen MR) is 70.0 cm³/mol. The van der Waals surface area contributed by atoms with Crippen molar-refractivity contribution in [3.8, 4) is 0 Å². The van der Waals surface area contributed by atoms with Gasteiger partial charge in [-0.25, -0.2) is 0 Å². The van der Waals surface area contributed by atoms with Crippen LogP contribution in [0.2, 0.25) is 0 Å². The van der Waals surface area contributed by atoms with Crippen LogP contribution >= 0.6 is 0 Å². The van der Waals surface area contributed by atoms with Crippen LogP contribution in [0.25, 0.3) is 0 Å². The van der Waals surface area contributed by atoms with E-state index in [2.05, 4.69) is 0 Å². The van der Waals surface area contributed by atoms with Crippen LogP contribution in [0.1, 0.15) is 25.5 Å². The molecule has 0 radical (unpaired) electrons. The van der Waals surface area contributed by atoms with Crippen LogP contribution in [0, 0.1) is 0 Å². The highest BCUT2D eigenvalue weighted by Crippen LogP contribution is 2.25. The average Bonchev–Trinajstić information content (AvgIpc) is 2.38. The topological polar surface area (TPSA) is 55.6 Å². The van der Waals surface area contributed by atoms with Crippen LogP contribution < -0.4 is 5.73 Å². The van der Waals surface area contributed by atoms with Crippen molar-refractivity contribution < 1.29 is 9.53 Å². The molecule has 2 unspecified atom stereocenters. The van der Waals surface area contributed by atoms with Gasteiger partial charge in [0.25, 0.3) is 0 Å². The Kier molecular flexibility index (Phi) is 3.99. The number of nitrogens with zero attached hydrogens (tertiary/aromatic N) is 1. The first-order valence-corrected chi connectivity index (χ1v) is 6.32. The monoisotopic (exact) mass is 248 g/mol. The molecule has 0 aliphatic carbocycles. The Labute approximate surface area is 108 Å². The second-order valence-corrected chi connectivity index (χ2v) is 4.88. The van der Waals surface area contributed by atoms with Gasteiger partial charge in [-0.05, 0) is 19.4 Å². The summed E-state index contributed by atoms with van der Waals surface area (Å²) >= 11 is 0. The highest BCUT2D eigenvalue weighted by Gasteiger charge is 2.30. The van der Waals surface area contributed by atoms with Crippen LogP contribution in [-0.2, 0) is 9.53 Å². The quantitative estimate of drug-likeness (QED) is 0.859. The minimum Gasteiger partial charge on any atom is -0.367 e. The second kappa shape index (κ2) is 5.50. The van der Waals surface area contributed by atoms with E-state index >= 15 is 0 Å². The van der Waals surface area contributed by atoms with Crippen molar-refractivity contribution in [2.45, 2.75) is 32.1 Å². The van der Waals surface area contributed by atoms with E-state index in [9.17, 15) is 4.79 Å². The maximum absolute atomic E-state index is 12.0. The molecule has 1 fully saturated rings. The summed E-state index contributed by atoms with van der Waals surface area (Å²) in [6.07, 6.45) is -0.0238. The van der Waals surface area contributed by atoms with Crippen LogP contribution in [0.5, 0.6) is 0 Å². The summed E-state index contributed by atoms with van der Waals surface area (Å²) < 4.78 is 5.90. The lowest BCUT2D eigenvalue weighted by atomic mass is 10.1. The minimum atomic E-state index is -0.452. The van der Waals surface area contributed by atoms with Crippen molar-refractivity contribution in [3.05, 3.63) is 35.9 Å². The molecule has 0 bridgehead atoms. The SMILES string of the molecule is CC1CN(C(=O)[C@H](C)N)CC(c2ccccc2)O1. The first kappa shape index (κ1) is 13.1. The van der Waals surface area contributed by atoms with E-state index in [0.29, 0.717) is 13.1 Å². The lowest BCUT2D eigenvalue weighted by Gasteiger charge is -2.37. The molecule has 0 aromatic heterocycles. The Bertz CT molecular complexity index is 406. The molecule has 4 nitrogen and oxygen atoms in total. The maximum Gasteiger partial charge on any atom is 0.239 e. The van der Waals surface area contributed by atoms with Crippen LogP contribution in [-0.4, -0.2) is 36.0 Å². The Hall–Kier alpha value is -1.39. The van der Waals surface area contributed by atoms with Gasteiger partial charge in [0.15, 0.2) is 0 Å². The zero-order valence-electron chi connectivity index (χ0n) is 10.9. The second-order valence-electron chi connectivity index (χ2n) is 4.88. The molecule has 1 amide bonds. The molecule has 4 heteroatoms. The molecule has 1 saturated heterocycles. The van der Waals surface area contributed by atoms with Gasteiger partial charge in [0.05, 0.1) is 18.7 Å². The summed E-state index contributed by atoms with van der Waals surface area (Å²) in [5.74, 6) is -0.00826. The van der Waals surface area contributed by atoms with Crippen molar-refractivity contribution in [2.24, 2.45) is 5.73 Å². The third-order valence-corrected chi connectivity index (χ3v) is 3.13. The Morgan fingerprint density at radius 2 is 2.06 bits per heavy atom. The minimum absolute atomic E-state index is 0.00826. The van der Waals surface area contributed by atoms with Crippen molar-refractivity contribution in [3.63, 3.8) is 0 Å². The third kappa shape index (κ3) is 2.89. The summed E-state index contributed by atoms with van der Waals surface area (Å²) in [4.78, 5) is 13.8. The summed E-state index contributed by atoms with van der Waals surface area (Å²) in [5, 5.41) is 0. The normalized spacial score (nSPS) is 25.8. The van der Waals surface area contributed by atoms with Crippen LogP contribution in [0.3, 0.4) is 0 Å². The molecule has 2 N–H and O–H groups in total. The standard InChI is InChI=1S/C14H20N2O2/c1-10-8-16(14(17)11(2)15)9-13(18-10)12-6-4-3-5-7-12/h3-7,10-11,13H,8-9,15H2,1-2H3/t10?,11-,13?/m0/s1. The van der Waals surface area contributed by atoms with Crippen molar-refractivity contribution in [1.29, 1.82) is 0 Å². The number of amides is 1. The summed E-state index contributed by atoms with van der Waals surface area (Å²) in [5.41, 5.74) is 6.77. The number of morpholine rings is 1. The van der Waals surface area contributed by atoms with Gasteiger partial charge in [0.1, 0.15) is 6.10 Å². The Morgan fingerprint density at radius 1 is 1.39 bits per heavy atom. The molecule has 3 atom stereocenters. The van der Waals surface area contributed by atoms with Gasteiger partial charge in [0.2, 0.25) is 5.91 Å². The van der Waals surface area contributed by atoms with E-state index in [1.54, 1.807) is 11.8 Å². The number of hydrogen-bond donors (Lipinski definition) is 1. The van der Waals surface area contributed by atoms with Gasteiger partial charge >= 0.3 is 0 Å². The molecular weight excluding hydrogens is 228 g/mol. The molecule has 1 aliphatic heterocycles. The van der Waals surface area contributed by atoms with Crippen molar-refractivity contribution in [1.82, 2.24) is 4.90 Å². The van der Waals surface area contributed by atoms with E-state index in [1.165, 1.54) is 0 Å². The van der Waals surface area contributed by atoms with Gasteiger partial charge in [-0.15, -0.1) is 0 Å². The Morgan fingerprint density at radius 3 is 2.67 bits per heavy atom. The predicted octanol–water partition coefficient (Wildman–Crippen LogP) is 1.32. The number of nitrogens with two attached hydrogens (primary N) is 1. The maximum atomic E-state index is 12.0. The number of rotatable bonds is 2. The number of carbonyl (C=O) groups is 1. The fourth-order valence-corrected chi connectivity index (χ4v) is 2.27. The molecule has 0 spiro atoms. The lowest BCUT2D eigenvalue weighted by molar-refractivity contribution is -0.145. The zero-order valence-corrected chi connectivity index (χ0v) is 10.9. The highest BCUT2D eigenvalue weighted by atomic mass is 16.5. The van der Waals surface area contributed by atoms with Crippen molar-refractivity contribution >= 4 is 5.91 Å². The summed E-state index contributed by atoms with van der Waals surface area (Å²) in [6.45, 7) is 4.90. The van der Waals surface area contributed by atoms with Gasteiger partial charge < -0.3 is 15.4 Å². The molecule has 98 valence electrons. The largest absolute Gasteiger partial charge is 0.367 e. The van der Waals surface area contributed by atoms with Crippen molar-refractivity contribution in [2.75, 3.05) is 13.1 Å². The lowest BCUT2D eigenvalue weighted by Crippen LogP contribution is -2.50. The molecule has 2 rings (SSSR count). The molecule has 1 aromatic carbocycles. The fraction of sp³-hybridized carbons (Fsp3) is 0.500. The highest BCUT2D eigenvalue weighted by molar-refractivity contribution is 5.81. The molecule has 0 saturated carbocycles. The first-order valence-electron chi connectivity index (χ1n) is 6.32. The Balaban J connectivity index is 2.12. The first-order chi connectivity index (χ1) is 8.58. The van der Waals surface area contributed by atoms with E-state index in [-0.39, 0.29) is 18.1 Å². The number of carbonyl (C=O) groups excluding carboxylic acids is 1. The molecular formula is C14H20N2O2. The fourth-order valence-electron chi connectivity index (χ4n) is 2.27. The number of hydrogen-bond acceptors (Lipinski definition) is 3.